The van der Waals surface area contributed by atoms with Crippen LogP contribution in [0.2, 0.25) is 0 Å². The summed E-state index contributed by atoms with van der Waals surface area (Å²) in [6.07, 6.45) is 1.49. The average molecular weight is 221 g/mol. The van der Waals surface area contributed by atoms with Gasteiger partial charge < -0.3 is 4.74 Å². The van der Waals surface area contributed by atoms with Crippen molar-refractivity contribution in [3.8, 4) is 0 Å². The molecule has 0 N–H and O–H groups in total. The highest BCUT2D eigenvalue weighted by Gasteiger charge is 2.24. The lowest BCUT2D eigenvalue weighted by molar-refractivity contribution is 0.0752. The molecule has 0 amide bonds. The van der Waals surface area contributed by atoms with E-state index in [1.807, 2.05) is 13.8 Å². The van der Waals surface area contributed by atoms with Crippen LogP contribution >= 0.6 is 0 Å². The molecule has 1 heterocycles. The third kappa shape index (κ3) is 3.22. The van der Waals surface area contributed by atoms with Crippen molar-refractivity contribution in [2.45, 2.75) is 32.8 Å². The van der Waals surface area contributed by atoms with E-state index in [0.717, 1.165) is 6.42 Å². The highest BCUT2D eigenvalue weighted by molar-refractivity contribution is 7.89. The van der Waals surface area contributed by atoms with Crippen molar-refractivity contribution in [1.29, 1.82) is 0 Å². The standard InChI is InChI=1S/C9H19NO3S/c1-3-7-14(11,12)10-5-4-6-13-9(2)8-10/h9H,3-8H2,1-2H3. The Morgan fingerprint density at radius 3 is 2.86 bits per heavy atom. The van der Waals surface area contributed by atoms with Gasteiger partial charge in [-0.15, -0.1) is 0 Å². The van der Waals surface area contributed by atoms with Gasteiger partial charge >= 0.3 is 0 Å². The molecule has 4 nitrogen and oxygen atoms in total. The van der Waals surface area contributed by atoms with E-state index in [1.165, 1.54) is 0 Å². The summed E-state index contributed by atoms with van der Waals surface area (Å²) < 4.78 is 30.5. The quantitative estimate of drug-likeness (QED) is 0.709. The van der Waals surface area contributed by atoms with E-state index in [0.29, 0.717) is 26.1 Å². The van der Waals surface area contributed by atoms with Gasteiger partial charge in [-0.2, -0.15) is 4.31 Å². The number of sulfonamides is 1. The Hall–Kier alpha value is -0.130. The monoisotopic (exact) mass is 221 g/mol. The maximum atomic E-state index is 11.8. The van der Waals surface area contributed by atoms with Crippen molar-refractivity contribution in [1.82, 2.24) is 4.31 Å². The maximum Gasteiger partial charge on any atom is 0.214 e. The Morgan fingerprint density at radius 2 is 2.21 bits per heavy atom. The zero-order valence-corrected chi connectivity index (χ0v) is 9.72. The topological polar surface area (TPSA) is 46.6 Å². The molecular weight excluding hydrogens is 202 g/mol. The van der Waals surface area contributed by atoms with E-state index >= 15 is 0 Å². The van der Waals surface area contributed by atoms with Crippen LogP contribution in [0.3, 0.4) is 0 Å². The molecule has 0 bridgehead atoms. The molecule has 14 heavy (non-hydrogen) atoms. The van der Waals surface area contributed by atoms with Crippen LogP contribution in [-0.2, 0) is 14.8 Å². The lowest BCUT2D eigenvalue weighted by atomic mass is 10.4. The van der Waals surface area contributed by atoms with Crippen LogP contribution in [-0.4, -0.2) is 44.3 Å². The second-order valence-corrected chi connectivity index (χ2v) is 5.80. The molecule has 0 aromatic carbocycles. The van der Waals surface area contributed by atoms with Gasteiger partial charge in [0.2, 0.25) is 10.0 Å². The molecule has 1 atom stereocenters. The van der Waals surface area contributed by atoms with Gasteiger partial charge in [0.15, 0.2) is 0 Å². The molecule has 0 aliphatic carbocycles. The van der Waals surface area contributed by atoms with Crippen LogP contribution in [0.1, 0.15) is 26.7 Å². The van der Waals surface area contributed by atoms with Crippen molar-refractivity contribution in [3.05, 3.63) is 0 Å². The van der Waals surface area contributed by atoms with Crippen LogP contribution in [0.4, 0.5) is 0 Å². The van der Waals surface area contributed by atoms with Gasteiger partial charge in [0.25, 0.3) is 0 Å². The first-order valence-electron chi connectivity index (χ1n) is 5.15. The fraction of sp³-hybridized carbons (Fsp3) is 1.00. The molecule has 0 aromatic rings. The van der Waals surface area contributed by atoms with Crippen molar-refractivity contribution in [2.24, 2.45) is 0 Å². The predicted octanol–water partition coefficient (Wildman–Crippen LogP) is 0.837. The largest absolute Gasteiger partial charge is 0.377 e. The lowest BCUT2D eigenvalue weighted by Crippen LogP contribution is -2.37. The van der Waals surface area contributed by atoms with Crippen LogP contribution in [0.5, 0.6) is 0 Å². The number of hydrogen-bond donors (Lipinski definition) is 0. The zero-order valence-electron chi connectivity index (χ0n) is 8.90. The fourth-order valence-electron chi connectivity index (χ4n) is 1.60. The van der Waals surface area contributed by atoms with Gasteiger partial charge in [0, 0.05) is 19.7 Å². The van der Waals surface area contributed by atoms with Crippen LogP contribution < -0.4 is 0 Å². The molecule has 84 valence electrons. The summed E-state index contributed by atoms with van der Waals surface area (Å²) in [6, 6.07) is 0. The Kier molecular flexibility index (Phi) is 4.34. The summed E-state index contributed by atoms with van der Waals surface area (Å²) in [5.41, 5.74) is 0. The second kappa shape index (κ2) is 5.09. The fourth-order valence-corrected chi connectivity index (χ4v) is 3.21. The van der Waals surface area contributed by atoms with Gasteiger partial charge in [-0.25, -0.2) is 8.42 Å². The lowest BCUT2D eigenvalue weighted by Gasteiger charge is -2.21. The first kappa shape index (κ1) is 11.9. The number of nitrogens with zero attached hydrogens (tertiary/aromatic N) is 1. The van der Waals surface area contributed by atoms with Gasteiger partial charge in [-0.3, -0.25) is 0 Å². The van der Waals surface area contributed by atoms with E-state index in [9.17, 15) is 8.42 Å². The van der Waals surface area contributed by atoms with Crippen molar-refractivity contribution in [2.75, 3.05) is 25.4 Å². The Morgan fingerprint density at radius 1 is 1.50 bits per heavy atom. The minimum atomic E-state index is -3.04. The van der Waals surface area contributed by atoms with E-state index in [1.54, 1.807) is 4.31 Å². The normalized spacial score (nSPS) is 26.0. The summed E-state index contributed by atoms with van der Waals surface area (Å²) in [5.74, 6) is 0.250. The summed E-state index contributed by atoms with van der Waals surface area (Å²) in [4.78, 5) is 0. The first-order chi connectivity index (χ1) is 6.56. The predicted molar refractivity (Wildman–Crippen MR) is 55.7 cm³/mol. The van der Waals surface area contributed by atoms with Crippen molar-refractivity contribution in [3.63, 3.8) is 0 Å². The maximum absolute atomic E-state index is 11.8. The highest BCUT2D eigenvalue weighted by atomic mass is 32.2. The van der Waals surface area contributed by atoms with Crippen LogP contribution in [0.25, 0.3) is 0 Å². The summed E-state index contributed by atoms with van der Waals surface area (Å²) in [6.45, 7) is 5.57. The number of hydrogen-bond acceptors (Lipinski definition) is 3. The molecule has 0 radical (unpaired) electrons. The Labute approximate surface area is 86.3 Å². The minimum Gasteiger partial charge on any atom is -0.377 e. The second-order valence-electron chi connectivity index (χ2n) is 3.71. The molecule has 0 aromatic heterocycles. The van der Waals surface area contributed by atoms with E-state index in [4.69, 9.17) is 4.74 Å². The van der Waals surface area contributed by atoms with Crippen LogP contribution in [0, 0.1) is 0 Å². The molecule has 1 unspecified atom stereocenters. The minimum absolute atomic E-state index is 0.0177. The molecule has 0 saturated carbocycles. The smallest absolute Gasteiger partial charge is 0.214 e. The van der Waals surface area contributed by atoms with Gasteiger partial charge in [0.05, 0.1) is 11.9 Å². The summed E-state index contributed by atoms with van der Waals surface area (Å²) >= 11 is 0. The highest BCUT2D eigenvalue weighted by Crippen LogP contribution is 2.11. The van der Waals surface area contributed by atoms with E-state index < -0.39 is 10.0 Å². The van der Waals surface area contributed by atoms with E-state index in [2.05, 4.69) is 0 Å². The van der Waals surface area contributed by atoms with Crippen molar-refractivity contribution < 1.29 is 13.2 Å². The third-order valence-corrected chi connectivity index (χ3v) is 4.31. The number of rotatable bonds is 3. The molecule has 1 aliphatic rings. The average Bonchev–Trinajstić information content (AvgIpc) is 2.30. The van der Waals surface area contributed by atoms with E-state index in [-0.39, 0.29) is 11.9 Å². The molecule has 1 fully saturated rings. The molecule has 1 saturated heterocycles. The molecule has 1 rings (SSSR count). The Balaban J connectivity index is 2.65. The molecular formula is C9H19NO3S. The first-order valence-corrected chi connectivity index (χ1v) is 6.76. The van der Waals surface area contributed by atoms with Gasteiger partial charge in [-0.05, 0) is 19.8 Å². The summed E-state index contributed by atoms with van der Waals surface area (Å²) in [5, 5.41) is 0. The van der Waals surface area contributed by atoms with Gasteiger partial charge in [-0.1, -0.05) is 6.92 Å². The molecule has 1 aliphatic heterocycles. The van der Waals surface area contributed by atoms with Gasteiger partial charge in [0.1, 0.15) is 0 Å². The van der Waals surface area contributed by atoms with Crippen molar-refractivity contribution >= 4 is 10.0 Å². The molecule has 5 heteroatoms. The summed E-state index contributed by atoms with van der Waals surface area (Å²) in [7, 11) is -3.04. The zero-order chi connectivity index (χ0) is 10.6. The SMILES string of the molecule is CCCS(=O)(=O)N1CCCOC(C)C1. The third-order valence-electron chi connectivity index (χ3n) is 2.27. The molecule has 0 spiro atoms. The van der Waals surface area contributed by atoms with Crippen LogP contribution in [0.15, 0.2) is 0 Å². The Bertz CT molecular complexity index is 263. The number of ether oxygens (including phenoxy) is 1.